The first-order valence-corrected chi connectivity index (χ1v) is 12.6. The van der Waals surface area contributed by atoms with E-state index in [0.29, 0.717) is 24.9 Å². The molecule has 0 spiro atoms. The summed E-state index contributed by atoms with van der Waals surface area (Å²) in [5.74, 6) is -1.14. The highest BCUT2D eigenvalue weighted by atomic mass is 16.5. The second kappa shape index (κ2) is 13.9. The molecule has 0 aliphatic heterocycles. The Balaban J connectivity index is 1.83. The maximum absolute atomic E-state index is 13.3. The average molecular weight is 502 g/mol. The molecule has 3 N–H and O–H groups in total. The highest BCUT2D eigenvalue weighted by Gasteiger charge is 2.24. The molecule has 3 rings (SSSR count). The van der Waals surface area contributed by atoms with Gasteiger partial charge in [0.2, 0.25) is 11.8 Å². The fraction of sp³-hybridized carbons (Fsp3) is 0.300. The van der Waals surface area contributed by atoms with Crippen molar-refractivity contribution in [1.82, 2.24) is 15.7 Å². The van der Waals surface area contributed by atoms with Crippen LogP contribution in [-0.2, 0) is 22.7 Å². The van der Waals surface area contributed by atoms with Gasteiger partial charge in [-0.25, -0.2) is 5.48 Å². The Kier molecular flexibility index (Phi) is 10.4. The van der Waals surface area contributed by atoms with Gasteiger partial charge in [0, 0.05) is 38.0 Å². The van der Waals surface area contributed by atoms with E-state index >= 15 is 0 Å². The summed E-state index contributed by atoms with van der Waals surface area (Å²) in [6.45, 7) is 2.65. The van der Waals surface area contributed by atoms with Crippen molar-refractivity contribution in [3.05, 3.63) is 95.6 Å². The molecule has 3 aromatic rings. The molecule has 1 atom stereocenters. The first-order chi connectivity index (χ1) is 17.9. The number of nitrogens with zero attached hydrogens (tertiary/aromatic N) is 1. The highest BCUT2D eigenvalue weighted by molar-refractivity contribution is 5.97. The summed E-state index contributed by atoms with van der Waals surface area (Å²) in [6.07, 6.45) is 1.85. The van der Waals surface area contributed by atoms with E-state index in [1.54, 1.807) is 17.4 Å². The third kappa shape index (κ3) is 8.02. The van der Waals surface area contributed by atoms with Crippen LogP contribution < -0.4 is 10.8 Å². The van der Waals surface area contributed by atoms with E-state index in [4.69, 9.17) is 5.21 Å². The van der Waals surface area contributed by atoms with Gasteiger partial charge >= 0.3 is 0 Å². The second-order valence-corrected chi connectivity index (χ2v) is 9.16. The normalized spacial score (nSPS) is 11.4. The monoisotopic (exact) mass is 501 g/mol. The summed E-state index contributed by atoms with van der Waals surface area (Å²) in [5, 5.41) is 11.8. The molecule has 37 heavy (non-hydrogen) atoms. The van der Waals surface area contributed by atoms with Crippen molar-refractivity contribution in [2.75, 3.05) is 7.05 Å². The Morgan fingerprint density at radius 2 is 1.57 bits per heavy atom. The Hall–Kier alpha value is -3.97. The van der Waals surface area contributed by atoms with Gasteiger partial charge in [0.1, 0.15) is 0 Å². The number of carbonyl (C=O) groups is 3. The van der Waals surface area contributed by atoms with Crippen LogP contribution in [0.15, 0.2) is 78.9 Å². The Bertz CT molecular complexity index is 1180. The molecule has 0 fully saturated rings. The van der Waals surface area contributed by atoms with E-state index < -0.39 is 5.91 Å². The molecule has 0 radical (unpaired) electrons. The number of rotatable bonds is 12. The predicted octanol–water partition coefficient (Wildman–Crippen LogP) is 4.94. The van der Waals surface area contributed by atoms with E-state index in [0.717, 1.165) is 28.7 Å². The van der Waals surface area contributed by atoms with Crippen LogP contribution in [0, 0.1) is 5.92 Å². The fourth-order valence-corrected chi connectivity index (χ4v) is 4.36. The molecule has 0 saturated heterocycles. The molecule has 194 valence electrons. The molecule has 0 aromatic heterocycles. The van der Waals surface area contributed by atoms with Crippen molar-refractivity contribution in [3.8, 4) is 11.1 Å². The van der Waals surface area contributed by atoms with E-state index in [9.17, 15) is 14.4 Å². The van der Waals surface area contributed by atoms with E-state index in [2.05, 4.69) is 5.32 Å². The standard InChI is InChI=1S/C30H35N3O4/c1-3-10-24(17-18-28(34)32-37)30(36)33(2)21-26-16-15-25(23-13-8-5-9-14-23)19-27(26)29(35)31-20-22-11-6-4-7-12-22/h4-9,11-16,19,24,37H,3,10,17-18,20-21H2,1-2H3,(H,31,35)(H,32,34)/t24-/m1/s1. The Morgan fingerprint density at radius 3 is 2.22 bits per heavy atom. The van der Waals surface area contributed by atoms with Gasteiger partial charge in [0.25, 0.3) is 5.91 Å². The first kappa shape index (κ1) is 27.6. The van der Waals surface area contributed by atoms with E-state index in [1.165, 1.54) is 0 Å². The lowest BCUT2D eigenvalue weighted by Crippen LogP contribution is -2.34. The van der Waals surface area contributed by atoms with Crippen molar-refractivity contribution in [2.45, 2.75) is 45.7 Å². The molecule has 0 unspecified atom stereocenters. The zero-order valence-electron chi connectivity index (χ0n) is 21.4. The topological polar surface area (TPSA) is 98.7 Å². The minimum Gasteiger partial charge on any atom is -0.348 e. The lowest BCUT2D eigenvalue weighted by molar-refractivity contribution is -0.136. The third-order valence-corrected chi connectivity index (χ3v) is 6.37. The van der Waals surface area contributed by atoms with Crippen molar-refractivity contribution in [3.63, 3.8) is 0 Å². The minimum absolute atomic E-state index is 0.0691. The van der Waals surface area contributed by atoms with Crippen LogP contribution in [0.4, 0.5) is 0 Å². The number of hydroxylamine groups is 1. The van der Waals surface area contributed by atoms with Crippen LogP contribution in [0.5, 0.6) is 0 Å². The van der Waals surface area contributed by atoms with Gasteiger partial charge in [-0.05, 0) is 41.2 Å². The largest absolute Gasteiger partial charge is 0.348 e. The lowest BCUT2D eigenvalue weighted by atomic mass is 9.95. The third-order valence-electron chi connectivity index (χ3n) is 6.37. The minimum atomic E-state index is -0.509. The van der Waals surface area contributed by atoms with Crippen molar-refractivity contribution in [2.24, 2.45) is 5.92 Å². The number of nitrogens with one attached hydrogen (secondary N) is 2. The van der Waals surface area contributed by atoms with Crippen LogP contribution in [0.2, 0.25) is 0 Å². The lowest BCUT2D eigenvalue weighted by Gasteiger charge is -2.25. The molecule has 0 aliphatic rings. The van der Waals surface area contributed by atoms with E-state index in [-0.39, 0.29) is 30.7 Å². The number of hydrogen-bond donors (Lipinski definition) is 3. The maximum Gasteiger partial charge on any atom is 0.251 e. The van der Waals surface area contributed by atoms with Crippen LogP contribution >= 0.6 is 0 Å². The van der Waals surface area contributed by atoms with Crippen LogP contribution in [0.25, 0.3) is 11.1 Å². The molecule has 0 heterocycles. The van der Waals surface area contributed by atoms with E-state index in [1.807, 2.05) is 85.8 Å². The molecule has 3 aromatic carbocycles. The van der Waals surface area contributed by atoms with Gasteiger partial charge < -0.3 is 10.2 Å². The second-order valence-electron chi connectivity index (χ2n) is 9.16. The summed E-state index contributed by atoms with van der Waals surface area (Å²) in [7, 11) is 1.72. The fourth-order valence-electron chi connectivity index (χ4n) is 4.36. The van der Waals surface area contributed by atoms with Gasteiger partial charge in [0.15, 0.2) is 0 Å². The number of hydrogen-bond acceptors (Lipinski definition) is 4. The smallest absolute Gasteiger partial charge is 0.251 e. The van der Waals surface area contributed by atoms with Crippen molar-refractivity contribution in [1.29, 1.82) is 0 Å². The number of amides is 3. The van der Waals surface area contributed by atoms with Crippen molar-refractivity contribution >= 4 is 17.7 Å². The number of carbonyl (C=O) groups excluding carboxylic acids is 3. The Morgan fingerprint density at radius 1 is 0.892 bits per heavy atom. The molecule has 7 nitrogen and oxygen atoms in total. The molecule has 7 heteroatoms. The summed E-state index contributed by atoms with van der Waals surface area (Å²) < 4.78 is 0. The summed E-state index contributed by atoms with van der Waals surface area (Å²) in [4.78, 5) is 39.7. The number of benzene rings is 3. The molecule has 0 saturated carbocycles. The SMILES string of the molecule is CCC[C@H](CCC(=O)NO)C(=O)N(C)Cc1ccc(-c2ccccc2)cc1C(=O)NCc1ccccc1. The zero-order chi connectivity index (χ0) is 26.6. The quantitative estimate of drug-likeness (QED) is 0.242. The summed E-state index contributed by atoms with van der Waals surface area (Å²) in [6, 6.07) is 25.3. The van der Waals surface area contributed by atoms with Crippen LogP contribution in [0.3, 0.4) is 0 Å². The molecular weight excluding hydrogens is 466 g/mol. The van der Waals surface area contributed by atoms with Gasteiger partial charge in [-0.3, -0.25) is 19.6 Å². The summed E-state index contributed by atoms with van der Waals surface area (Å²) in [5.41, 5.74) is 5.80. The molecule has 0 bridgehead atoms. The first-order valence-electron chi connectivity index (χ1n) is 12.6. The van der Waals surface area contributed by atoms with Crippen LogP contribution in [-0.4, -0.2) is 34.9 Å². The molecule has 3 amide bonds. The highest BCUT2D eigenvalue weighted by Crippen LogP contribution is 2.25. The van der Waals surface area contributed by atoms with Crippen molar-refractivity contribution < 1.29 is 19.6 Å². The Labute approximate surface area is 218 Å². The average Bonchev–Trinajstić information content (AvgIpc) is 2.94. The maximum atomic E-state index is 13.3. The molecule has 0 aliphatic carbocycles. The van der Waals surface area contributed by atoms with Gasteiger partial charge in [-0.1, -0.05) is 86.1 Å². The zero-order valence-corrected chi connectivity index (χ0v) is 21.4. The molecular formula is C30H35N3O4. The van der Waals surface area contributed by atoms with Crippen LogP contribution in [0.1, 0.15) is 54.1 Å². The predicted molar refractivity (Wildman–Crippen MR) is 144 cm³/mol. The van der Waals surface area contributed by atoms with Gasteiger partial charge in [-0.15, -0.1) is 0 Å². The van der Waals surface area contributed by atoms with Gasteiger partial charge in [-0.2, -0.15) is 0 Å². The van der Waals surface area contributed by atoms with Gasteiger partial charge in [0.05, 0.1) is 0 Å². The summed E-state index contributed by atoms with van der Waals surface area (Å²) >= 11 is 0.